The Kier molecular flexibility index (Phi) is 4.42. The predicted molar refractivity (Wildman–Crippen MR) is 74.2 cm³/mol. The third-order valence-electron chi connectivity index (χ3n) is 3.25. The smallest absolute Gasteiger partial charge is 0.138 e. The molecule has 0 saturated heterocycles. The van der Waals surface area contributed by atoms with E-state index in [9.17, 15) is 4.39 Å². The molecule has 0 fully saturated rings. The van der Waals surface area contributed by atoms with Gasteiger partial charge in [-0.3, -0.25) is 4.68 Å². The van der Waals surface area contributed by atoms with Gasteiger partial charge in [-0.2, -0.15) is 5.10 Å². The van der Waals surface area contributed by atoms with Crippen LogP contribution in [0.15, 0.2) is 30.6 Å². The van der Waals surface area contributed by atoms with E-state index in [-0.39, 0.29) is 17.6 Å². The standard InChI is InChI=1S/C13H14Cl2FN3/c1-19-12(17-9-18-19)6-13(7-14,8-15)10-3-2-4-11(16)5-10/h2-5,9H,6-8H2,1H3. The maximum absolute atomic E-state index is 13.4. The first kappa shape index (κ1) is 14.3. The average Bonchev–Trinajstić information content (AvgIpc) is 2.81. The van der Waals surface area contributed by atoms with E-state index < -0.39 is 5.41 Å². The number of nitrogens with zero attached hydrogens (tertiary/aromatic N) is 3. The molecule has 2 aromatic rings. The van der Waals surface area contributed by atoms with Gasteiger partial charge >= 0.3 is 0 Å². The van der Waals surface area contributed by atoms with Crippen molar-refractivity contribution in [3.63, 3.8) is 0 Å². The highest BCUT2D eigenvalue weighted by molar-refractivity contribution is 6.22. The second kappa shape index (κ2) is 5.88. The van der Waals surface area contributed by atoms with Crippen LogP contribution in [0.3, 0.4) is 0 Å². The molecule has 102 valence electrons. The summed E-state index contributed by atoms with van der Waals surface area (Å²) in [6.45, 7) is 0. The van der Waals surface area contributed by atoms with Gasteiger partial charge in [0, 0.05) is 30.6 Å². The summed E-state index contributed by atoms with van der Waals surface area (Å²) >= 11 is 12.2. The molecule has 0 amide bonds. The maximum atomic E-state index is 13.4. The lowest BCUT2D eigenvalue weighted by Crippen LogP contribution is -2.34. The van der Waals surface area contributed by atoms with Crippen LogP contribution in [0.4, 0.5) is 4.39 Å². The van der Waals surface area contributed by atoms with Crippen LogP contribution in [0.5, 0.6) is 0 Å². The highest BCUT2D eigenvalue weighted by Gasteiger charge is 2.33. The van der Waals surface area contributed by atoms with Gasteiger partial charge in [0.05, 0.1) is 0 Å². The molecule has 1 aromatic heterocycles. The first-order valence-corrected chi connectivity index (χ1v) is 6.89. The summed E-state index contributed by atoms with van der Waals surface area (Å²) in [5.74, 6) is 1.04. The first-order valence-electron chi connectivity index (χ1n) is 5.82. The normalized spacial score (nSPS) is 11.8. The van der Waals surface area contributed by atoms with Gasteiger partial charge in [-0.25, -0.2) is 9.37 Å². The Morgan fingerprint density at radius 2 is 2.05 bits per heavy atom. The van der Waals surface area contributed by atoms with E-state index in [2.05, 4.69) is 10.1 Å². The summed E-state index contributed by atoms with van der Waals surface area (Å²) in [6.07, 6.45) is 1.99. The van der Waals surface area contributed by atoms with E-state index in [1.807, 2.05) is 6.07 Å². The molecule has 0 spiro atoms. The third kappa shape index (κ3) is 2.90. The molecule has 0 aliphatic carbocycles. The van der Waals surface area contributed by atoms with Gasteiger partial charge in [0.2, 0.25) is 0 Å². The number of aryl methyl sites for hydroxylation is 1. The molecule has 19 heavy (non-hydrogen) atoms. The second-order valence-corrected chi connectivity index (χ2v) is 5.07. The van der Waals surface area contributed by atoms with Crippen LogP contribution in [0.1, 0.15) is 11.4 Å². The number of halogens is 3. The number of alkyl halides is 2. The Morgan fingerprint density at radius 3 is 2.58 bits per heavy atom. The number of benzene rings is 1. The van der Waals surface area contributed by atoms with E-state index in [4.69, 9.17) is 23.2 Å². The molecule has 0 saturated carbocycles. The van der Waals surface area contributed by atoms with Gasteiger partial charge in [0.15, 0.2) is 0 Å². The summed E-state index contributed by atoms with van der Waals surface area (Å²) in [7, 11) is 1.81. The molecular weight excluding hydrogens is 288 g/mol. The van der Waals surface area contributed by atoms with Gasteiger partial charge in [-0.1, -0.05) is 12.1 Å². The van der Waals surface area contributed by atoms with Gasteiger partial charge in [-0.15, -0.1) is 23.2 Å². The van der Waals surface area contributed by atoms with Gasteiger partial charge in [0.1, 0.15) is 18.0 Å². The SMILES string of the molecule is Cn1ncnc1CC(CCl)(CCl)c1cccc(F)c1. The molecule has 0 radical (unpaired) electrons. The Labute approximate surface area is 121 Å². The highest BCUT2D eigenvalue weighted by atomic mass is 35.5. The molecule has 0 N–H and O–H groups in total. The van der Waals surface area contributed by atoms with E-state index >= 15 is 0 Å². The van der Waals surface area contributed by atoms with Crippen molar-refractivity contribution >= 4 is 23.2 Å². The first-order chi connectivity index (χ1) is 9.11. The predicted octanol–water partition coefficient (Wildman–Crippen LogP) is 2.91. The van der Waals surface area contributed by atoms with Crippen LogP contribution >= 0.6 is 23.2 Å². The van der Waals surface area contributed by atoms with Crippen molar-refractivity contribution in [2.24, 2.45) is 7.05 Å². The van der Waals surface area contributed by atoms with E-state index in [1.54, 1.807) is 17.8 Å². The van der Waals surface area contributed by atoms with Crippen LogP contribution in [-0.2, 0) is 18.9 Å². The molecular formula is C13H14Cl2FN3. The fraction of sp³-hybridized carbons (Fsp3) is 0.385. The number of aromatic nitrogens is 3. The summed E-state index contributed by atoms with van der Waals surface area (Å²) in [6, 6.07) is 6.37. The number of hydrogen-bond acceptors (Lipinski definition) is 2. The lowest BCUT2D eigenvalue weighted by atomic mass is 9.80. The Balaban J connectivity index is 2.40. The van der Waals surface area contributed by atoms with Crippen LogP contribution in [0, 0.1) is 5.82 Å². The topological polar surface area (TPSA) is 30.7 Å². The van der Waals surface area contributed by atoms with Crippen LogP contribution in [-0.4, -0.2) is 26.5 Å². The van der Waals surface area contributed by atoms with Crippen molar-refractivity contribution in [2.75, 3.05) is 11.8 Å². The zero-order valence-electron chi connectivity index (χ0n) is 10.5. The lowest BCUT2D eigenvalue weighted by Gasteiger charge is -2.29. The fourth-order valence-electron chi connectivity index (χ4n) is 1.99. The van der Waals surface area contributed by atoms with Crippen molar-refractivity contribution in [3.05, 3.63) is 47.8 Å². The van der Waals surface area contributed by atoms with Crippen LogP contribution < -0.4 is 0 Å². The van der Waals surface area contributed by atoms with Crippen LogP contribution in [0.2, 0.25) is 0 Å². The minimum absolute atomic E-state index is 0.285. The van der Waals surface area contributed by atoms with Gasteiger partial charge in [-0.05, 0) is 17.7 Å². The molecule has 1 aromatic carbocycles. The van der Waals surface area contributed by atoms with Gasteiger partial charge < -0.3 is 0 Å². The van der Waals surface area contributed by atoms with E-state index in [0.29, 0.717) is 6.42 Å². The molecule has 0 bridgehead atoms. The fourth-order valence-corrected chi connectivity index (χ4v) is 2.77. The molecule has 0 aliphatic rings. The summed E-state index contributed by atoms with van der Waals surface area (Å²) in [4.78, 5) is 4.19. The van der Waals surface area contributed by atoms with Crippen molar-refractivity contribution in [1.82, 2.24) is 14.8 Å². The summed E-state index contributed by atoms with van der Waals surface area (Å²) in [5, 5.41) is 4.03. The van der Waals surface area contributed by atoms with Crippen LogP contribution in [0.25, 0.3) is 0 Å². The van der Waals surface area contributed by atoms with E-state index in [0.717, 1.165) is 11.4 Å². The van der Waals surface area contributed by atoms with Crippen molar-refractivity contribution in [3.8, 4) is 0 Å². The average molecular weight is 302 g/mol. The largest absolute Gasteiger partial charge is 0.253 e. The van der Waals surface area contributed by atoms with Crippen molar-refractivity contribution < 1.29 is 4.39 Å². The molecule has 0 aliphatic heterocycles. The minimum Gasteiger partial charge on any atom is -0.253 e. The van der Waals surface area contributed by atoms with E-state index in [1.165, 1.54) is 18.5 Å². The third-order valence-corrected chi connectivity index (χ3v) is 4.27. The molecule has 3 nitrogen and oxygen atoms in total. The molecule has 0 atom stereocenters. The van der Waals surface area contributed by atoms with Crippen molar-refractivity contribution in [2.45, 2.75) is 11.8 Å². The van der Waals surface area contributed by atoms with Crippen molar-refractivity contribution in [1.29, 1.82) is 0 Å². The number of rotatable bonds is 5. The Bertz CT molecular complexity index is 552. The quantitative estimate of drug-likeness (QED) is 0.795. The highest BCUT2D eigenvalue weighted by Crippen LogP contribution is 2.31. The monoisotopic (exact) mass is 301 g/mol. The summed E-state index contributed by atoms with van der Waals surface area (Å²) in [5.41, 5.74) is 0.229. The minimum atomic E-state index is -0.550. The van der Waals surface area contributed by atoms with Gasteiger partial charge in [0.25, 0.3) is 0 Å². The number of hydrogen-bond donors (Lipinski definition) is 0. The molecule has 0 unspecified atom stereocenters. The Morgan fingerprint density at radius 1 is 1.32 bits per heavy atom. The zero-order valence-corrected chi connectivity index (χ0v) is 12.0. The Hall–Kier alpha value is -1.13. The molecule has 6 heteroatoms. The lowest BCUT2D eigenvalue weighted by molar-refractivity contribution is 0.498. The zero-order chi connectivity index (χ0) is 13.9. The second-order valence-electron chi connectivity index (χ2n) is 4.53. The maximum Gasteiger partial charge on any atom is 0.138 e. The summed E-state index contributed by atoms with van der Waals surface area (Å²) < 4.78 is 15.1. The molecule has 1 heterocycles. The molecule has 2 rings (SSSR count).